The van der Waals surface area contributed by atoms with Crippen molar-refractivity contribution in [3.63, 3.8) is 0 Å². The smallest absolute Gasteiger partial charge is 0.329 e. The summed E-state index contributed by atoms with van der Waals surface area (Å²) in [4.78, 5) is 48.2. The van der Waals surface area contributed by atoms with Crippen molar-refractivity contribution in [3.05, 3.63) is 22.2 Å². The zero-order valence-electron chi connectivity index (χ0n) is 29.3. The van der Waals surface area contributed by atoms with Crippen LogP contribution in [0.15, 0.2) is 16.8 Å². The van der Waals surface area contributed by atoms with Crippen molar-refractivity contribution >= 4 is 40.3 Å². The Hall–Kier alpha value is -3.81. The number of anilines is 1. The summed E-state index contributed by atoms with van der Waals surface area (Å²) < 4.78 is 16.0. The maximum absolute atomic E-state index is 13.5. The van der Waals surface area contributed by atoms with E-state index in [9.17, 15) is 29.6 Å². The zero-order chi connectivity index (χ0) is 35.8. The van der Waals surface area contributed by atoms with Crippen LogP contribution in [-0.4, -0.2) is 63.5 Å². The van der Waals surface area contributed by atoms with Crippen molar-refractivity contribution in [2.75, 3.05) is 18.5 Å². The molecule has 0 amide bonds. The SMILES string of the molecule is C[C@H](CCC(=O)OCCN)C1CC[C@H]2[C@@H]3CC[C@@H]4C[C@H](OC(=O)[C@H](CC(=O)O)Nc5ccc([N+](=O)[O-])c6nonc56)CC[C@]4(C)[C@H]3CC[C@]12C. The highest BCUT2D eigenvalue weighted by Crippen LogP contribution is 2.68. The van der Waals surface area contributed by atoms with Crippen LogP contribution in [0.4, 0.5) is 11.4 Å². The number of fused-ring (bicyclic) bond motifs is 6. The average Bonchev–Trinajstić information content (AvgIpc) is 3.71. The number of benzene rings is 1. The number of non-ortho nitro benzene ring substituents is 1. The molecule has 50 heavy (non-hydrogen) atoms. The Balaban J connectivity index is 1.08. The van der Waals surface area contributed by atoms with Crippen molar-refractivity contribution in [3.8, 4) is 0 Å². The number of ether oxygens (including phenoxy) is 2. The van der Waals surface area contributed by atoms with Crippen molar-refractivity contribution in [1.82, 2.24) is 10.3 Å². The molecule has 4 saturated carbocycles. The minimum absolute atomic E-state index is 0.0298. The molecule has 1 unspecified atom stereocenters. The number of hydrogen-bond donors (Lipinski definition) is 3. The first-order valence-electron chi connectivity index (χ1n) is 18.3. The Kier molecular flexibility index (Phi) is 10.4. The first-order chi connectivity index (χ1) is 23.9. The van der Waals surface area contributed by atoms with Gasteiger partial charge < -0.3 is 25.6 Å². The van der Waals surface area contributed by atoms with Gasteiger partial charge in [-0.2, -0.15) is 0 Å². The highest BCUT2D eigenvalue weighted by atomic mass is 16.6. The highest BCUT2D eigenvalue weighted by molar-refractivity contribution is 5.95. The number of carbonyl (C=O) groups is 3. The largest absolute Gasteiger partial charge is 0.481 e. The third-order valence-corrected chi connectivity index (χ3v) is 13.4. The Morgan fingerprint density at radius 1 is 1.08 bits per heavy atom. The Morgan fingerprint density at radius 3 is 2.56 bits per heavy atom. The monoisotopic (exact) mass is 697 g/mol. The molecule has 1 heterocycles. The van der Waals surface area contributed by atoms with Crippen LogP contribution in [-0.2, 0) is 23.9 Å². The van der Waals surface area contributed by atoms with E-state index in [1.165, 1.54) is 44.2 Å². The van der Waals surface area contributed by atoms with E-state index < -0.39 is 29.3 Å². The van der Waals surface area contributed by atoms with Crippen LogP contribution in [0.2, 0.25) is 0 Å². The van der Waals surface area contributed by atoms with E-state index in [1.807, 2.05) is 0 Å². The number of aromatic nitrogens is 2. The molecule has 0 radical (unpaired) electrons. The van der Waals surface area contributed by atoms with Crippen LogP contribution in [0, 0.1) is 56.5 Å². The van der Waals surface area contributed by atoms with E-state index in [0.29, 0.717) is 48.5 Å². The summed E-state index contributed by atoms with van der Waals surface area (Å²) in [5.41, 5.74) is 5.74. The Labute approximate surface area is 291 Å². The summed E-state index contributed by atoms with van der Waals surface area (Å²) in [6.45, 7) is 7.91. The molecular weight excluding hydrogens is 646 g/mol. The van der Waals surface area contributed by atoms with Gasteiger partial charge in [0.25, 0.3) is 0 Å². The normalized spacial score (nSPS) is 33.0. The van der Waals surface area contributed by atoms with Gasteiger partial charge in [-0.15, -0.1) is 0 Å². The van der Waals surface area contributed by atoms with Gasteiger partial charge in [0, 0.05) is 19.0 Å². The minimum Gasteiger partial charge on any atom is -0.481 e. The molecule has 1 aromatic carbocycles. The summed E-state index contributed by atoms with van der Waals surface area (Å²) in [6.07, 6.45) is 9.98. The fourth-order valence-electron chi connectivity index (χ4n) is 11.0. The maximum Gasteiger partial charge on any atom is 0.329 e. The van der Waals surface area contributed by atoms with Crippen LogP contribution in [0.5, 0.6) is 0 Å². The molecule has 4 N–H and O–H groups in total. The van der Waals surface area contributed by atoms with E-state index >= 15 is 0 Å². The topological polar surface area (TPSA) is 210 Å². The summed E-state index contributed by atoms with van der Waals surface area (Å²) >= 11 is 0. The van der Waals surface area contributed by atoms with Crippen LogP contribution in [0.1, 0.15) is 97.8 Å². The number of nitrogens with two attached hydrogens (primary N) is 1. The molecule has 10 atom stereocenters. The van der Waals surface area contributed by atoms with Gasteiger partial charge in [0.15, 0.2) is 5.52 Å². The number of rotatable bonds is 13. The lowest BCUT2D eigenvalue weighted by molar-refractivity contribution is -0.383. The van der Waals surface area contributed by atoms with Crippen molar-refractivity contribution in [2.45, 2.75) is 110 Å². The van der Waals surface area contributed by atoms with Gasteiger partial charge in [0.2, 0.25) is 5.52 Å². The van der Waals surface area contributed by atoms with Crippen LogP contribution < -0.4 is 11.1 Å². The second kappa shape index (κ2) is 14.4. The van der Waals surface area contributed by atoms with Crippen molar-refractivity contribution < 1.29 is 38.5 Å². The Bertz CT molecular complexity index is 1600. The predicted molar refractivity (Wildman–Crippen MR) is 182 cm³/mol. The number of nitrogens with zero attached hydrogens (tertiary/aromatic N) is 3. The number of esters is 2. The molecule has 14 heteroatoms. The second-order valence-electron chi connectivity index (χ2n) is 15.9. The number of carboxylic acids is 1. The number of aliphatic carboxylic acids is 1. The molecule has 0 spiro atoms. The van der Waals surface area contributed by atoms with E-state index in [4.69, 9.17) is 19.8 Å². The lowest BCUT2D eigenvalue weighted by Crippen LogP contribution is -2.54. The zero-order valence-corrected chi connectivity index (χ0v) is 29.3. The predicted octanol–water partition coefficient (Wildman–Crippen LogP) is 5.88. The van der Waals surface area contributed by atoms with Crippen LogP contribution in [0.25, 0.3) is 11.0 Å². The third kappa shape index (κ3) is 6.79. The van der Waals surface area contributed by atoms with Crippen molar-refractivity contribution in [1.29, 1.82) is 0 Å². The molecular formula is C36H51N5O9. The quantitative estimate of drug-likeness (QED) is 0.127. The van der Waals surface area contributed by atoms with E-state index in [1.54, 1.807) is 0 Å². The fraction of sp³-hybridized carbons (Fsp3) is 0.750. The van der Waals surface area contributed by atoms with E-state index in [-0.39, 0.29) is 51.9 Å². The van der Waals surface area contributed by atoms with Crippen molar-refractivity contribution in [2.24, 2.45) is 52.1 Å². The van der Waals surface area contributed by atoms with Gasteiger partial charge in [-0.05, 0) is 127 Å². The lowest BCUT2D eigenvalue weighted by Gasteiger charge is -2.61. The molecule has 1 aromatic heterocycles. The van der Waals surface area contributed by atoms with Crippen LogP contribution in [0.3, 0.4) is 0 Å². The molecule has 2 aromatic rings. The molecule has 6 rings (SSSR count). The summed E-state index contributed by atoms with van der Waals surface area (Å²) in [7, 11) is 0. The van der Waals surface area contributed by atoms with Gasteiger partial charge in [-0.3, -0.25) is 19.7 Å². The third-order valence-electron chi connectivity index (χ3n) is 13.4. The molecule has 0 bridgehead atoms. The van der Waals surface area contributed by atoms with Gasteiger partial charge in [0.05, 0.1) is 17.0 Å². The highest BCUT2D eigenvalue weighted by Gasteiger charge is 2.60. The number of nitro benzene ring substituents is 1. The molecule has 0 aliphatic heterocycles. The number of nitrogens with one attached hydrogen (secondary N) is 1. The van der Waals surface area contributed by atoms with E-state index in [0.717, 1.165) is 32.1 Å². The molecule has 4 fully saturated rings. The number of carbonyl (C=O) groups excluding carboxylic acids is 2. The molecule has 4 aliphatic carbocycles. The number of hydrogen-bond acceptors (Lipinski definition) is 12. The molecule has 14 nitrogen and oxygen atoms in total. The first-order valence-corrected chi connectivity index (χ1v) is 18.3. The fourth-order valence-corrected chi connectivity index (χ4v) is 11.0. The Morgan fingerprint density at radius 2 is 1.82 bits per heavy atom. The number of carboxylic acid groups (broad SMARTS) is 1. The second-order valence-corrected chi connectivity index (χ2v) is 15.9. The van der Waals surface area contributed by atoms with Crippen LogP contribution >= 0.6 is 0 Å². The molecule has 0 saturated heterocycles. The van der Waals surface area contributed by atoms with Gasteiger partial charge in [0.1, 0.15) is 18.8 Å². The summed E-state index contributed by atoms with van der Waals surface area (Å²) in [6, 6.07) is 1.34. The first kappa shape index (κ1) is 36.0. The lowest BCUT2D eigenvalue weighted by atomic mass is 9.44. The maximum atomic E-state index is 13.5. The van der Waals surface area contributed by atoms with Gasteiger partial charge >= 0.3 is 23.6 Å². The number of nitro groups is 1. The summed E-state index contributed by atoms with van der Waals surface area (Å²) in [5.74, 6) is 1.44. The molecule has 274 valence electrons. The summed E-state index contributed by atoms with van der Waals surface area (Å²) in [5, 5.41) is 31.2. The van der Waals surface area contributed by atoms with Gasteiger partial charge in [-0.25, -0.2) is 9.42 Å². The minimum atomic E-state index is -1.23. The van der Waals surface area contributed by atoms with Gasteiger partial charge in [-0.1, -0.05) is 20.8 Å². The average molecular weight is 698 g/mol. The molecule has 4 aliphatic rings. The standard InChI is InChI=1S/C36H51N5O9/c1-20(4-11-31(44)48-17-16-37)24-7-8-25-23-6-5-21-18-22(12-14-35(21,2)26(23)13-15-36(24,25)3)49-34(45)28(19-30(42)43)38-27-9-10-29(41(46)47)33-32(27)39-50-40-33/h9-10,20-26,28,38H,4-8,11-19,37H2,1-3H3,(H,42,43)/t20-,21-,22-,23+,24?,25+,26+,28+,35+,36-/m1/s1. The van der Waals surface area contributed by atoms with E-state index in [2.05, 4.69) is 36.4 Å².